The van der Waals surface area contributed by atoms with Gasteiger partial charge in [0.1, 0.15) is 11.6 Å². The first-order valence-electron chi connectivity index (χ1n) is 10.1. The Bertz CT molecular complexity index is 968. The Morgan fingerprint density at radius 3 is 2.81 bits per heavy atom. The number of hydrogen-bond acceptors (Lipinski definition) is 6. The maximum absolute atomic E-state index is 12.5. The number of nitrogens with two attached hydrogens (primary N) is 1. The zero-order valence-corrected chi connectivity index (χ0v) is 17.7. The van der Waals surface area contributed by atoms with Gasteiger partial charge in [0.05, 0.1) is 12.2 Å². The van der Waals surface area contributed by atoms with Crippen LogP contribution in [0.3, 0.4) is 0 Å². The van der Waals surface area contributed by atoms with Gasteiger partial charge in [-0.1, -0.05) is 6.07 Å². The summed E-state index contributed by atoms with van der Waals surface area (Å²) in [6.07, 6.45) is -6.24. The number of halogens is 3. The average Bonchev–Trinajstić information content (AvgIpc) is 3.14. The van der Waals surface area contributed by atoms with Crippen molar-refractivity contribution >= 4 is 23.4 Å². The first-order chi connectivity index (χ1) is 15.0. The predicted octanol–water partition coefficient (Wildman–Crippen LogP) is 3.57. The number of hydrogen-bond donors (Lipinski definition) is 4. The van der Waals surface area contributed by atoms with Crippen molar-refractivity contribution in [3.8, 4) is 11.1 Å². The number of pyridine rings is 1. The second-order valence-corrected chi connectivity index (χ2v) is 7.78. The highest BCUT2D eigenvalue weighted by atomic mass is 19.4. The molecule has 32 heavy (non-hydrogen) atoms. The number of aliphatic hydroxyl groups is 1. The molecule has 174 valence electrons. The normalized spacial score (nSPS) is 17.3. The Kier molecular flexibility index (Phi) is 7.09. The Labute approximate surface area is 183 Å². The van der Waals surface area contributed by atoms with Gasteiger partial charge in [-0.25, -0.2) is 9.78 Å². The Morgan fingerprint density at radius 1 is 1.38 bits per heavy atom. The van der Waals surface area contributed by atoms with Crippen LogP contribution in [0, 0.1) is 6.92 Å². The van der Waals surface area contributed by atoms with Crippen LogP contribution < -0.4 is 16.4 Å². The maximum atomic E-state index is 12.5. The molecule has 11 heteroatoms. The summed E-state index contributed by atoms with van der Waals surface area (Å²) in [6, 6.07) is 8.28. The molecule has 3 rings (SSSR count). The molecule has 1 aliphatic heterocycles. The number of benzene rings is 1. The molecule has 2 heterocycles. The molecule has 8 nitrogen and oxygen atoms in total. The molecule has 1 fully saturated rings. The maximum Gasteiger partial charge on any atom is 0.522 e. The molecule has 2 atom stereocenters. The van der Waals surface area contributed by atoms with Crippen LogP contribution in [0.15, 0.2) is 30.3 Å². The number of aromatic nitrogens is 1. The van der Waals surface area contributed by atoms with Crippen molar-refractivity contribution in [3.05, 3.63) is 35.9 Å². The molecule has 5 N–H and O–H groups in total. The molecule has 2 amide bonds. The minimum atomic E-state index is -4.72. The molecule has 1 saturated heterocycles. The zero-order valence-electron chi connectivity index (χ0n) is 17.7. The zero-order chi connectivity index (χ0) is 23.5. The Morgan fingerprint density at radius 2 is 2.12 bits per heavy atom. The highest BCUT2D eigenvalue weighted by molar-refractivity contribution is 5.91. The van der Waals surface area contributed by atoms with Crippen molar-refractivity contribution in [1.82, 2.24) is 9.88 Å². The SMILES string of the molecule is Cc1ccc(NC(=O)N2CC[C@@H](OC(F)(F)F)C2)cc1-c1cc(N)nc(NC[C@@H](C)O)c1. The summed E-state index contributed by atoms with van der Waals surface area (Å²) in [7, 11) is 0. The van der Waals surface area contributed by atoms with E-state index in [1.807, 2.05) is 13.0 Å². The van der Waals surface area contributed by atoms with Crippen molar-refractivity contribution in [2.75, 3.05) is 36.0 Å². The van der Waals surface area contributed by atoms with Crippen LogP contribution in [0.25, 0.3) is 11.1 Å². The van der Waals surface area contributed by atoms with E-state index in [4.69, 9.17) is 5.73 Å². The summed E-state index contributed by atoms with van der Waals surface area (Å²) in [4.78, 5) is 18.0. The number of carbonyl (C=O) groups excluding carboxylic acids is 1. The fourth-order valence-electron chi connectivity index (χ4n) is 3.46. The second-order valence-electron chi connectivity index (χ2n) is 7.78. The van der Waals surface area contributed by atoms with Crippen LogP contribution >= 0.6 is 0 Å². The molecular weight excluding hydrogens is 427 g/mol. The van der Waals surface area contributed by atoms with Gasteiger partial charge in [-0.3, -0.25) is 4.74 Å². The lowest BCUT2D eigenvalue weighted by molar-refractivity contribution is -0.340. The number of carbonyl (C=O) groups is 1. The highest BCUT2D eigenvalue weighted by Gasteiger charge is 2.37. The lowest BCUT2D eigenvalue weighted by atomic mass is 10.0. The van der Waals surface area contributed by atoms with E-state index in [0.717, 1.165) is 16.7 Å². The molecule has 0 radical (unpaired) electrons. The van der Waals surface area contributed by atoms with Gasteiger partial charge >= 0.3 is 12.4 Å². The topological polar surface area (TPSA) is 113 Å². The van der Waals surface area contributed by atoms with Gasteiger partial charge in [0, 0.05) is 25.3 Å². The molecule has 0 bridgehead atoms. The largest absolute Gasteiger partial charge is 0.522 e. The summed E-state index contributed by atoms with van der Waals surface area (Å²) < 4.78 is 41.2. The van der Waals surface area contributed by atoms with Crippen LogP contribution in [-0.2, 0) is 4.74 Å². The first-order valence-corrected chi connectivity index (χ1v) is 10.1. The van der Waals surface area contributed by atoms with E-state index in [1.54, 1.807) is 31.2 Å². The van der Waals surface area contributed by atoms with Gasteiger partial charge in [-0.15, -0.1) is 13.2 Å². The number of ether oxygens (including phenoxy) is 1. The van der Waals surface area contributed by atoms with Gasteiger partial charge in [-0.05, 0) is 61.2 Å². The summed E-state index contributed by atoms with van der Waals surface area (Å²) >= 11 is 0. The fraction of sp³-hybridized carbons (Fsp3) is 0.429. The number of nitrogen functional groups attached to an aromatic ring is 1. The molecule has 0 aliphatic carbocycles. The third-order valence-corrected chi connectivity index (χ3v) is 4.96. The number of aryl methyl sites for hydroxylation is 1. The van der Waals surface area contributed by atoms with E-state index in [0.29, 0.717) is 18.1 Å². The molecular formula is C21H26F3N5O3. The highest BCUT2D eigenvalue weighted by Crippen LogP contribution is 2.30. The van der Waals surface area contributed by atoms with E-state index >= 15 is 0 Å². The second kappa shape index (κ2) is 9.61. The van der Waals surface area contributed by atoms with Crippen molar-refractivity contribution < 1.29 is 27.8 Å². The number of aliphatic hydroxyl groups excluding tert-OH is 1. The van der Waals surface area contributed by atoms with Gasteiger partial charge in [-0.2, -0.15) is 0 Å². The van der Waals surface area contributed by atoms with E-state index in [1.165, 1.54) is 4.90 Å². The molecule has 0 saturated carbocycles. The minimum Gasteiger partial charge on any atom is -0.392 e. The number of likely N-dealkylation sites (tertiary alicyclic amines) is 1. The van der Waals surface area contributed by atoms with Crippen LogP contribution in [0.1, 0.15) is 18.9 Å². The number of nitrogens with one attached hydrogen (secondary N) is 2. The molecule has 1 aliphatic rings. The van der Waals surface area contributed by atoms with Gasteiger partial charge < -0.3 is 26.4 Å². The van der Waals surface area contributed by atoms with Gasteiger partial charge in [0.2, 0.25) is 0 Å². The van der Waals surface area contributed by atoms with Crippen LogP contribution in [0.4, 0.5) is 35.3 Å². The lowest BCUT2D eigenvalue weighted by Gasteiger charge is -2.19. The third-order valence-electron chi connectivity index (χ3n) is 4.96. The van der Waals surface area contributed by atoms with Crippen LogP contribution in [-0.4, -0.2) is 59.2 Å². The monoisotopic (exact) mass is 453 g/mol. The summed E-state index contributed by atoms with van der Waals surface area (Å²) in [6.45, 7) is 3.89. The standard InChI is InChI=1S/C21H26F3N5O3/c1-12-3-4-15(27-20(31)29-6-5-16(11-29)32-21(22,23)24)9-17(12)14-7-18(25)28-19(8-14)26-10-13(2)30/h3-4,7-9,13,16,30H,5-6,10-11H2,1-2H3,(H,27,31)(H3,25,26,28)/t13-,16-/m1/s1. The molecule has 1 aromatic carbocycles. The number of urea groups is 1. The molecule has 0 spiro atoms. The number of nitrogens with zero attached hydrogens (tertiary/aromatic N) is 2. The average molecular weight is 453 g/mol. The van der Waals surface area contributed by atoms with E-state index in [2.05, 4.69) is 20.4 Å². The number of rotatable bonds is 6. The number of alkyl halides is 3. The van der Waals surface area contributed by atoms with Crippen molar-refractivity contribution in [2.45, 2.75) is 38.8 Å². The number of anilines is 3. The third kappa shape index (κ3) is 6.47. The lowest BCUT2D eigenvalue weighted by Crippen LogP contribution is -2.35. The van der Waals surface area contributed by atoms with Gasteiger partial charge in [0.25, 0.3) is 0 Å². The van der Waals surface area contributed by atoms with Crippen LogP contribution in [0.5, 0.6) is 0 Å². The van der Waals surface area contributed by atoms with Gasteiger partial charge in [0.15, 0.2) is 0 Å². The van der Waals surface area contributed by atoms with E-state index in [9.17, 15) is 23.1 Å². The van der Waals surface area contributed by atoms with Crippen LogP contribution in [0.2, 0.25) is 0 Å². The molecule has 1 aromatic heterocycles. The number of amides is 2. The fourth-order valence-corrected chi connectivity index (χ4v) is 3.46. The quantitative estimate of drug-likeness (QED) is 0.532. The Hall–Kier alpha value is -3.05. The smallest absolute Gasteiger partial charge is 0.392 e. The molecule has 0 unspecified atom stereocenters. The summed E-state index contributed by atoms with van der Waals surface area (Å²) in [5, 5.41) is 15.2. The van der Waals surface area contributed by atoms with Crippen molar-refractivity contribution in [2.24, 2.45) is 0 Å². The Balaban J connectivity index is 1.73. The van der Waals surface area contributed by atoms with Crippen molar-refractivity contribution in [1.29, 1.82) is 0 Å². The van der Waals surface area contributed by atoms with E-state index < -0.39 is 24.6 Å². The summed E-state index contributed by atoms with van der Waals surface area (Å²) in [5.74, 6) is 0.791. The predicted molar refractivity (Wildman–Crippen MR) is 115 cm³/mol. The van der Waals surface area contributed by atoms with Crippen molar-refractivity contribution in [3.63, 3.8) is 0 Å². The first kappa shape index (κ1) is 23.6. The molecule has 2 aromatic rings. The summed E-state index contributed by atoms with van der Waals surface area (Å²) in [5.41, 5.74) is 8.91. The minimum absolute atomic E-state index is 0.116. The van der Waals surface area contributed by atoms with E-state index in [-0.39, 0.29) is 25.3 Å².